The van der Waals surface area contributed by atoms with E-state index < -0.39 is 0 Å². The van der Waals surface area contributed by atoms with Crippen LogP contribution < -0.4 is 0 Å². The van der Waals surface area contributed by atoms with Gasteiger partial charge in [-0.15, -0.1) is 0 Å². The van der Waals surface area contributed by atoms with Crippen molar-refractivity contribution in [3.63, 3.8) is 0 Å². The van der Waals surface area contributed by atoms with Crippen molar-refractivity contribution in [1.82, 2.24) is 0 Å². The third-order valence-corrected chi connectivity index (χ3v) is 0.970. The van der Waals surface area contributed by atoms with Crippen LogP contribution >= 0.6 is 0 Å². The molecular weight excluding hydrogens is 128 g/mol. The Morgan fingerprint density at radius 2 is 2.20 bits per heavy atom. The molecule has 0 N–H and O–H groups in total. The highest BCUT2D eigenvalue weighted by atomic mass is 16.5. The fraction of sp³-hybridized carbons (Fsp3) is 0.500. The van der Waals surface area contributed by atoms with Crippen LogP contribution in [0.3, 0.4) is 0 Å². The normalized spacial score (nSPS) is 11.2. The van der Waals surface area contributed by atoms with Gasteiger partial charge in [0.25, 0.3) is 0 Å². The fourth-order valence-corrected chi connectivity index (χ4v) is 0.500. The summed E-state index contributed by atoms with van der Waals surface area (Å²) in [5, 5.41) is 0. The Hall–Kier alpha value is -0.760. The summed E-state index contributed by atoms with van der Waals surface area (Å²) in [6.45, 7) is 6.66. The first-order valence-corrected chi connectivity index (χ1v) is 3.22. The lowest BCUT2D eigenvalue weighted by atomic mass is 10.5. The standard InChI is InChI=1S/C8H14O2/c1-4-5-8(2)10-7-6-9-3/h4-5H,1,6-7H2,2-3H3/b8-5+. The molecule has 2 heteroatoms. The van der Waals surface area contributed by atoms with Crippen LogP contribution in [-0.2, 0) is 9.47 Å². The molecule has 0 aliphatic rings. The number of hydrogen-bond donors (Lipinski definition) is 0. The van der Waals surface area contributed by atoms with E-state index in [2.05, 4.69) is 6.58 Å². The Morgan fingerprint density at radius 3 is 2.70 bits per heavy atom. The quantitative estimate of drug-likeness (QED) is 0.330. The summed E-state index contributed by atoms with van der Waals surface area (Å²) in [7, 11) is 1.65. The van der Waals surface area contributed by atoms with Crippen LogP contribution in [0.25, 0.3) is 0 Å². The summed E-state index contributed by atoms with van der Waals surface area (Å²) in [4.78, 5) is 0. The molecule has 10 heavy (non-hydrogen) atoms. The summed E-state index contributed by atoms with van der Waals surface area (Å²) in [5.74, 6) is 0.868. The number of ether oxygens (including phenoxy) is 2. The van der Waals surface area contributed by atoms with Gasteiger partial charge in [-0.25, -0.2) is 0 Å². The zero-order valence-electron chi connectivity index (χ0n) is 6.59. The van der Waals surface area contributed by atoms with Crippen molar-refractivity contribution in [3.8, 4) is 0 Å². The summed E-state index contributed by atoms with van der Waals surface area (Å²) in [5.41, 5.74) is 0. The van der Waals surface area contributed by atoms with Crippen LogP contribution in [0, 0.1) is 0 Å². The Balaban J connectivity index is 3.29. The molecule has 0 radical (unpaired) electrons. The van der Waals surface area contributed by atoms with Crippen molar-refractivity contribution < 1.29 is 9.47 Å². The summed E-state index contributed by atoms with van der Waals surface area (Å²) < 4.78 is 9.98. The molecule has 0 unspecified atom stereocenters. The minimum absolute atomic E-state index is 0.604. The van der Waals surface area contributed by atoms with Gasteiger partial charge in [0.05, 0.1) is 12.4 Å². The highest BCUT2D eigenvalue weighted by molar-refractivity contribution is 5.01. The molecule has 0 aromatic heterocycles. The lowest BCUT2D eigenvalue weighted by Crippen LogP contribution is -1.99. The topological polar surface area (TPSA) is 18.5 Å². The Bertz CT molecular complexity index is 116. The second kappa shape index (κ2) is 6.36. The number of methoxy groups -OCH3 is 1. The molecule has 0 amide bonds. The molecule has 0 aliphatic carbocycles. The van der Waals surface area contributed by atoms with Gasteiger partial charge in [0.2, 0.25) is 0 Å². The van der Waals surface area contributed by atoms with Crippen molar-refractivity contribution in [1.29, 1.82) is 0 Å². The summed E-state index contributed by atoms with van der Waals surface area (Å²) >= 11 is 0. The van der Waals surface area contributed by atoms with Crippen molar-refractivity contribution in [3.05, 3.63) is 24.5 Å². The predicted molar refractivity (Wildman–Crippen MR) is 41.8 cm³/mol. The van der Waals surface area contributed by atoms with Gasteiger partial charge in [-0.05, 0) is 13.0 Å². The second-order valence-electron chi connectivity index (χ2n) is 1.85. The van der Waals surface area contributed by atoms with Crippen molar-refractivity contribution in [2.24, 2.45) is 0 Å². The van der Waals surface area contributed by atoms with Crippen LogP contribution in [0.5, 0.6) is 0 Å². The van der Waals surface area contributed by atoms with Crippen LogP contribution in [0.4, 0.5) is 0 Å². The van der Waals surface area contributed by atoms with E-state index in [0.29, 0.717) is 13.2 Å². The van der Waals surface area contributed by atoms with E-state index in [4.69, 9.17) is 9.47 Å². The van der Waals surface area contributed by atoms with Gasteiger partial charge in [-0.1, -0.05) is 12.7 Å². The molecule has 0 aromatic carbocycles. The molecule has 0 saturated heterocycles. The van der Waals surface area contributed by atoms with E-state index in [1.807, 2.05) is 13.0 Å². The van der Waals surface area contributed by atoms with Crippen molar-refractivity contribution in [2.75, 3.05) is 20.3 Å². The van der Waals surface area contributed by atoms with E-state index in [1.165, 1.54) is 0 Å². The highest BCUT2D eigenvalue weighted by Crippen LogP contribution is 1.93. The second-order valence-corrected chi connectivity index (χ2v) is 1.85. The summed E-state index contributed by atoms with van der Waals surface area (Å²) in [6, 6.07) is 0. The molecule has 0 spiro atoms. The first-order valence-electron chi connectivity index (χ1n) is 3.22. The Morgan fingerprint density at radius 1 is 1.50 bits per heavy atom. The average molecular weight is 142 g/mol. The smallest absolute Gasteiger partial charge is 0.111 e. The van der Waals surface area contributed by atoms with E-state index in [9.17, 15) is 0 Å². The SMILES string of the molecule is C=C/C=C(\C)OCCOC. The van der Waals surface area contributed by atoms with Gasteiger partial charge in [0.1, 0.15) is 6.61 Å². The van der Waals surface area contributed by atoms with Crippen LogP contribution in [0.15, 0.2) is 24.5 Å². The molecule has 0 bridgehead atoms. The molecule has 0 saturated carbocycles. The average Bonchev–Trinajstić information content (AvgIpc) is 1.89. The molecule has 0 heterocycles. The van der Waals surface area contributed by atoms with Gasteiger partial charge in [-0.2, -0.15) is 0 Å². The van der Waals surface area contributed by atoms with Gasteiger partial charge < -0.3 is 9.47 Å². The molecule has 2 nitrogen and oxygen atoms in total. The maximum absolute atomic E-state index is 5.19. The minimum Gasteiger partial charge on any atom is -0.496 e. The van der Waals surface area contributed by atoms with Crippen molar-refractivity contribution in [2.45, 2.75) is 6.92 Å². The lowest BCUT2D eigenvalue weighted by Gasteiger charge is -2.03. The molecule has 0 aromatic rings. The van der Waals surface area contributed by atoms with Gasteiger partial charge >= 0.3 is 0 Å². The Labute approximate surface area is 62.1 Å². The molecule has 0 fully saturated rings. The lowest BCUT2D eigenvalue weighted by molar-refractivity contribution is 0.110. The van der Waals surface area contributed by atoms with Crippen LogP contribution in [0.2, 0.25) is 0 Å². The third-order valence-electron chi connectivity index (χ3n) is 0.970. The number of hydrogen-bond acceptors (Lipinski definition) is 2. The maximum Gasteiger partial charge on any atom is 0.111 e. The fourth-order valence-electron chi connectivity index (χ4n) is 0.500. The molecule has 0 atom stereocenters. The van der Waals surface area contributed by atoms with Crippen LogP contribution in [0.1, 0.15) is 6.92 Å². The zero-order valence-corrected chi connectivity index (χ0v) is 6.59. The van der Waals surface area contributed by atoms with Crippen LogP contribution in [-0.4, -0.2) is 20.3 Å². The first kappa shape index (κ1) is 9.24. The maximum atomic E-state index is 5.19. The molecular formula is C8H14O2. The number of allylic oxidation sites excluding steroid dienone is 3. The van der Waals surface area contributed by atoms with E-state index in [0.717, 1.165) is 5.76 Å². The highest BCUT2D eigenvalue weighted by Gasteiger charge is 1.85. The molecule has 0 aliphatic heterocycles. The number of rotatable bonds is 5. The first-order chi connectivity index (χ1) is 4.81. The third kappa shape index (κ3) is 5.38. The van der Waals surface area contributed by atoms with E-state index in [1.54, 1.807) is 13.2 Å². The van der Waals surface area contributed by atoms with Gasteiger partial charge in [0.15, 0.2) is 0 Å². The van der Waals surface area contributed by atoms with Gasteiger partial charge in [0, 0.05) is 7.11 Å². The molecule has 58 valence electrons. The largest absolute Gasteiger partial charge is 0.496 e. The van der Waals surface area contributed by atoms with Crippen molar-refractivity contribution >= 4 is 0 Å². The summed E-state index contributed by atoms with van der Waals surface area (Å²) in [6.07, 6.45) is 3.51. The monoisotopic (exact) mass is 142 g/mol. The zero-order chi connectivity index (χ0) is 7.82. The predicted octanol–water partition coefficient (Wildman–Crippen LogP) is 1.74. The minimum atomic E-state index is 0.604. The van der Waals surface area contributed by atoms with E-state index >= 15 is 0 Å². The van der Waals surface area contributed by atoms with E-state index in [-0.39, 0.29) is 0 Å². The van der Waals surface area contributed by atoms with Gasteiger partial charge in [-0.3, -0.25) is 0 Å². The Kier molecular flexibility index (Phi) is 5.88. The molecule has 0 rings (SSSR count).